The maximum Gasteiger partial charge on any atom is 0.153 e. The molecule has 1 aromatic carbocycles. The molecule has 2 aliphatic heterocycles. The van der Waals surface area contributed by atoms with Gasteiger partial charge in [-0.05, 0) is 44.2 Å². The molecular weight excluding hydrogens is 318 g/mol. The number of hydroxylamine groups is 3. The molecular formula is C20H26NO4+. The van der Waals surface area contributed by atoms with Gasteiger partial charge in [-0.3, -0.25) is 0 Å². The second-order valence-electron chi connectivity index (χ2n) is 9.14. The van der Waals surface area contributed by atoms with Crippen LogP contribution in [-0.4, -0.2) is 50.9 Å². The van der Waals surface area contributed by atoms with Gasteiger partial charge in [0.15, 0.2) is 6.04 Å². The Morgan fingerprint density at radius 3 is 2.84 bits per heavy atom. The summed E-state index contributed by atoms with van der Waals surface area (Å²) < 4.78 is 6.27. The van der Waals surface area contributed by atoms with Crippen molar-refractivity contribution in [3.8, 4) is 11.5 Å². The van der Waals surface area contributed by atoms with Gasteiger partial charge >= 0.3 is 0 Å². The first kappa shape index (κ1) is 14.8. The highest BCUT2D eigenvalue weighted by Crippen LogP contribution is 2.66. The topological polar surface area (TPSA) is 69.9 Å². The van der Waals surface area contributed by atoms with E-state index in [4.69, 9.17) is 4.74 Å². The van der Waals surface area contributed by atoms with Crippen molar-refractivity contribution in [1.82, 2.24) is 0 Å². The van der Waals surface area contributed by atoms with Crippen molar-refractivity contribution in [2.45, 2.75) is 68.1 Å². The van der Waals surface area contributed by atoms with E-state index >= 15 is 0 Å². The number of aromatic hydroxyl groups is 1. The van der Waals surface area contributed by atoms with Crippen molar-refractivity contribution in [2.24, 2.45) is 5.92 Å². The zero-order valence-corrected chi connectivity index (χ0v) is 14.4. The number of piperidine rings is 1. The van der Waals surface area contributed by atoms with Gasteiger partial charge in [0.25, 0.3) is 0 Å². The number of benzene rings is 1. The van der Waals surface area contributed by atoms with E-state index in [0.717, 1.165) is 49.1 Å². The van der Waals surface area contributed by atoms with Crippen LogP contribution in [-0.2, 0) is 11.8 Å². The molecule has 3 N–H and O–H groups in total. The molecule has 0 amide bonds. The van der Waals surface area contributed by atoms with Gasteiger partial charge in [-0.2, -0.15) is 4.65 Å². The van der Waals surface area contributed by atoms with Crippen LogP contribution in [0.5, 0.6) is 11.5 Å². The Morgan fingerprint density at radius 2 is 2.04 bits per heavy atom. The van der Waals surface area contributed by atoms with Crippen LogP contribution in [0.1, 0.15) is 49.7 Å². The Kier molecular flexibility index (Phi) is 2.57. The fourth-order valence-electron chi connectivity index (χ4n) is 6.79. The van der Waals surface area contributed by atoms with Gasteiger partial charge in [0.2, 0.25) is 0 Å². The Morgan fingerprint density at radius 1 is 1.20 bits per heavy atom. The summed E-state index contributed by atoms with van der Waals surface area (Å²) in [6.45, 7) is 1.42. The van der Waals surface area contributed by atoms with E-state index in [1.807, 2.05) is 6.07 Å². The van der Waals surface area contributed by atoms with Crippen molar-refractivity contribution in [2.75, 3.05) is 13.1 Å². The lowest BCUT2D eigenvalue weighted by Gasteiger charge is -2.62. The molecule has 2 heterocycles. The van der Waals surface area contributed by atoms with E-state index in [9.17, 15) is 15.4 Å². The molecule has 2 bridgehead atoms. The van der Waals surface area contributed by atoms with Crippen molar-refractivity contribution < 1.29 is 24.8 Å². The van der Waals surface area contributed by atoms with Crippen LogP contribution in [0.25, 0.3) is 0 Å². The number of phenols is 1. The van der Waals surface area contributed by atoms with E-state index in [1.54, 1.807) is 6.07 Å². The fourth-order valence-corrected chi connectivity index (χ4v) is 6.79. The van der Waals surface area contributed by atoms with E-state index in [1.165, 1.54) is 12.8 Å². The molecule has 1 aromatic rings. The van der Waals surface area contributed by atoms with E-state index in [-0.39, 0.29) is 16.8 Å². The Labute approximate surface area is 147 Å². The number of rotatable bonds is 2. The van der Waals surface area contributed by atoms with Crippen molar-refractivity contribution in [3.05, 3.63) is 23.3 Å². The standard InChI is InChI=1S/C20H25NO4/c22-14-5-6-15-18-13(14)10-16-20(23)7-1-2-17(25-15)19(18,20)8-9-21(16,24)11-12-3-4-12/h5-6,12,16-17,23-24H,1-4,7-11H2/p+1/t16?,17?,19-,20?,21-/m1/s1. The molecule has 1 spiro atoms. The highest BCUT2D eigenvalue weighted by atomic mass is 16.6. The minimum atomic E-state index is -0.941. The molecule has 6 rings (SSSR count). The lowest BCUT2D eigenvalue weighted by atomic mass is 9.49. The number of hydrogen-bond donors (Lipinski definition) is 3. The molecule has 0 aromatic heterocycles. The third-order valence-corrected chi connectivity index (χ3v) is 8.01. The minimum absolute atomic E-state index is 0.0284. The van der Waals surface area contributed by atoms with Gasteiger partial charge in [-0.15, -0.1) is 0 Å². The second-order valence-corrected chi connectivity index (χ2v) is 9.14. The summed E-state index contributed by atoms with van der Waals surface area (Å²) in [5.41, 5.74) is 0.562. The molecule has 3 aliphatic carbocycles. The molecule has 134 valence electrons. The van der Waals surface area contributed by atoms with Crippen molar-refractivity contribution in [3.63, 3.8) is 0 Å². The van der Waals surface area contributed by atoms with Crippen LogP contribution in [0.15, 0.2) is 12.1 Å². The summed E-state index contributed by atoms with van der Waals surface area (Å²) >= 11 is 0. The lowest BCUT2D eigenvalue weighted by Crippen LogP contribution is -2.80. The first-order valence-corrected chi connectivity index (χ1v) is 9.82. The molecule has 5 atom stereocenters. The Balaban J connectivity index is 1.59. The number of aliphatic hydroxyl groups is 1. The molecule has 1 saturated heterocycles. The normalized spacial score (nSPS) is 46.5. The molecule has 3 fully saturated rings. The predicted molar refractivity (Wildman–Crippen MR) is 89.6 cm³/mol. The molecule has 0 radical (unpaired) electrons. The zero-order valence-electron chi connectivity index (χ0n) is 14.4. The monoisotopic (exact) mass is 344 g/mol. The Hall–Kier alpha value is -1.30. The summed E-state index contributed by atoms with van der Waals surface area (Å²) in [5.74, 6) is 1.72. The third-order valence-electron chi connectivity index (χ3n) is 8.01. The summed E-state index contributed by atoms with van der Waals surface area (Å²) in [6.07, 6.45) is 6.21. The SMILES string of the molecule is Oc1ccc2c3c1CC1C4(O)CCCC(O2)[C@]34CC[N@@+]1(O)CC1CC1. The number of nitrogens with zero attached hydrogens (tertiary/aromatic N) is 1. The van der Waals surface area contributed by atoms with Crippen LogP contribution in [0.4, 0.5) is 0 Å². The van der Waals surface area contributed by atoms with Gasteiger partial charge in [0.1, 0.15) is 36.3 Å². The Bertz CT molecular complexity index is 777. The summed E-state index contributed by atoms with van der Waals surface area (Å²) in [6, 6.07) is 3.32. The fraction of sp³-hybridized carbons (Fsp3) is 0.700. The highest BCUT2D eigenvalue weighted by Gasteiger charge is 2.75. The molecule has 2 saturated carbocycles. The average Bonchev–Trinajstić information content (AvgIpc) is 3.31. The predicted octanol–water partition coefficient (Wildman–Crippen LogP) is 2.25. The van der Waals surface area contributed by atoms with Crippen LogP contribution < -0.4 is 4.74 Å². The number of quaternary nitrogens is 1. The van der Waals surface area contributed by atoms with E-state index in [2.05, 4.69) is 0 Å². The van der Waals surface area contributed by atoms with Gasteiger partial charge in [0.05, 0.1) is 5.41 Å². The maximum absolute atomic E-state index is 12.0. The highest BCUT2D eigenvalue weighted by molar-refractivity contribution is 5.60. The maximum atomic E-state index is 12.0. The zero-order chi connectivity index (χ0) is 17.0. The number of ether oxygens (including phenoxy) is 1. The van der Waals surface area contributed by atoms with E-state index < -0.39 is 11.0 Å². The van der Waals surface area contributed by atoms with Gasteiger partial charge in [-0.1, -0.05) is 0 Å². The van der Waals surface area contributed by atoms with Crippen LogP contribution in [0.3, 0.4) is 0 Å². The lowest BCUT2D eigenvalue weighted by molar-refractivity contribution is -1.13. The summed E-state index contributed by atoms with van der Waals surface area (Å²) in [4.78, 5) is 0. The van der Waals surface area contributed by atoms with Gasteiger partial charge in [-0.25, -0.2) is 5.21 Å². The minimum Gasteiger partial charge on any atom is -0.508 e. The molecule has 5 aliphatic rings. The quantitative estimate of drug-likeness (QED) is 0.720. The van der Waals surface area contributed by atoms with E-state index in [0.29, 0.717) is 24.6 Å². The second kappa shape index (κ2) is 4.33. The molecule has 5 nitrogen and oxygen atoms in total. The molecule has 25 heavy (non-hydrogen) atoms. The van der Waals surface area contributed by atoms with Crippen LogP contribution in [0, 0.1) is 5.92 Å². The molecule has 5 heteroatoms. The first-order chi connectivity index (χ1) is 12.0. The van der Waals surface area contributed by atoms with Gasteiger partial charge < -0.3 is 14.9 Å². The largest absolute Gasteiger partial charge is 0.508 e. The van der Waals surface area contributed by atoms with Crippen molar-refractivity contribution >= 4 is 0 Å². The average molecular weight is 344 g/mol. The third kappa shape index (κ3) is 1.57. The van der Waals surface area contributed by atoms with Crippen LogP contribution >= 0.6 is 0 Å². The molecule has 3 unspecified atom stereocenters. The first-order valence-electron chi connectivity index (χ1n) is 9.82. The number of hydrogen-bond acceptors (Lipinski definition) is 4. The summed E-state index contributed by atoms with van der Waals surface area (Å²) in [5, 5.41) is 34.2. The van der Waals surface area contributed by atoms with Gasteiger partial charge in [0, 0.05) is 29.9 Å². The van der Waals surface area contributed by atoms with Crippen LogP contribution in [0.2, 0.25) is 0 Å². The number of likely N-dealkylation sites (tertiary alicyclic amines) is 1. The smallest absolute Gasteiger partial charge is 0.153 e. The number of phenolic OH excluding ortho intramolecular Hbond substituents is 1. The van der Waals surface area contributed by atoms with Crippen molar-refractivity contribution in [1.29, 1.82) is 0 Å². The summed E-state index contributed by atoms with van der Waals surface area (Å²) in [7, 11) is 0.